The first-order chi connectivity index (χ1) is 12.8. The third-order valence-corrected chi connectivity index (χ3v) is 5.83. The second-order valence-electron chi connectivity index (χ2n) is 6.29. The van der Waals surface area contributed by atoms with E-state index in [1.54, 1.807) is 6.07 Å². The van der Waals surface area contributed by atoms with Gasteiger partial charge in [-0.2, -0.15) is 0 Å². The van der Waals surface area contributed by atoms with Gasteiger partial charge in [-0.1, -0.05) is 36.4 Å². The van der Waals surface area contributed by atoms with E-state index in [1.807, 2.05) is 42.5 Å². The van der Waals surface area contributed by atoms with Crippen LogP contribution in [0.4, 0.5) is 0 Å². The van der Waals surface area contributed by atoms with Gasteiger partial charge < -0.3 is 5.11 Å². The Morgan fingerprint density at radius 3 is 2.48 bits per heavy atom. The van der Waals surface area contributed by atoms with E-state index >= 15 is 0 Å². The highest BCUT2D eigenvalue weighted by Crippen LogP contribution is 2.21. The summed E-state index contributed by atoms with van der Waals surface area (Å²) < 4.78 is 24.4. The lowest BCUT2D eigenvalue weighted by Crippen LogP contribution is -2.32. The molecular weight excluding hydrogens is 368 g/mol. The smallest absolute Gasteiger partial charge is 0.321 e. The number of aromatic nitrogens is 2. The molecule has 0 radical (unpaired) electrons. The molecule has 1 aromatic heterocycles. The average Bonchev–Trinajstić information content (AvgIpc) is 2.62. The first kappa shape index (κ1) is 18.8. The molecular formula is C19H18N2O5S. The van der Waals surface area contributed by atoms with E-state index < -0.39 is 21.1 Å². The summed E-state index contributed by atoms with van der Waals surface area (Å²) >= 11 is 0. The number of aliphatic carboxylic acids is 1. The predicted octanol–water partition coefficient (Wildman–Crippen LogP) is 1.95. The lowest BCUT2D eigenvalue weighted by molar-refractivity contribution is -0.136. The lowest BCUT2D eigenvalue weighted by atomic mass is 10.0. The topological polar surface area (TPSA) is 106 Å². The van der Waals surface area contributed by atoms with Crippen LogP contribution >= 0.6 is 0 Å². The van der Waals surface area contributed by atoms with Crippen molar-refractivity contribution in [1.82, 2.24) is 9.55 Å². The van der Waals surface area contributed by atoms with Crippen LogP contribution in [0, 0.1) is 0 Å². The zero-order valence-electron chi connectivity index (χ0n) is 14.6. The summed E-state index contributed by atoms with van der Waals surface area (Å²) in [5.41, 5.74) is 2.12. The third-order valence-electron chi connectivity index (χ3n) is 4.36. The molecule has 3 aromatic rings. The van der Waals surface area contributed by atoms with Gasteiger partial charge in [-0.3, -0.25) is 14.2 Å². The molecule has 0 bridgehead atoms. The molecule has 27 heavy (non-hydrogen) atoms. The fraction of sp³-hybridized carbons (Fsp3) is 0.211. The Bertz CT molecular complexity index is 1150. The summed E-state index contributed by atoms with van der Waals surface area (Å²) in [5, 5.41) is 7.92. The second kappa shape index (κ2) is 7.32. The summed E-state index contributed by atoms with van der Waals surface area (Å²) in [6, 6.07) is 15.0. The summed E-state index contributed by atoms with van der Waals surface area (Å²) in [6.07, 6.45) is 1.99. The van der Waals surface area contributed by atoms with E-state index in [9.17, 15) is 18.0 Å². The van der Waals surface area contributed by atoms with Crippen LogP contribution in [0.2, 0.25) is 0 Å². The highest BCUT2D eigenvalue weighted by atomic mass is 32.2. The molecule has 0 saturated carbocycles. The van der Waals surface area contributed by atoms with Crippen LogP contribution < -0.4 is 5.56 Å². The number of carboxylic acid groups (broad SMARTS) is 1. The average molecular weight is 386 g/mol. The molecule has 0 amide bonds. The number of hydrogen-bond acceptors (Lipinski definition) is 5. The van der Waals surface area contributed by atoms with Crippen LogP contribution in [-0.4, -0.2) is 40.6 Å². The van der Waals surface area contributed by atoms with Crippen molar-refractivity contribution in [2.75, 3.05) is 6.26 Å². The Hall–Kier alpha value is -3.00. The molecule has 0 spiro atoms. The zero-order valence-corrected chi connectivity index (χ0v) is 15.4. The number of rotatable bonds is 6. The summed E-state index contributed by atoms with van der Waals surface area (Å²) in [5.74, 6) is -1.42. The van der Waals surface area contributed by atoms with Crippen molar-refractivity contribution >= 4 is 26.7 Å². The minimum atomic E-state index is -3.76. The fourth-order valence-electron chi connectivity index (χ4n) is 2.90. The maximum atomic E-state index is 12.6. The number of hydrogen-bond donors (Lipinski definition) is 1. The van der Waals surface area contributed by atoms with E-state index in [1.165, 1.54) is 10.9 Å². The third kappa shape index (κ3) is 4.06. The molecule has 2 aromatic carbocycles. The fourth-order valence-corrected chi connectivity index (χ4v) is 3.80. The van der Waals surface area contributed by atoms with Gasteiger partial charge in [-0.25, -0.2) is 13.4 Å². The molecule has 0 aliphatic heterocycles. The summed E-state index contributed by atoms with van der Waals surface area (Å²) in [6.45, 7) is -0.0494. The summed E-state index contributed by atoms with van der Waals surface area (Å²) in [7, 11) is -3.76. The van der Waals surface area contributed by atoms with Crippen molar-refractivity contribution in [3.63, 3.8) is 0 Å². The minimum Gasteiger partial charge on any atom is -0.480 e. The number of nitrogens with zero attached hydrogens (tertiary/aromatic N) is 2. The summed E-state index contributed by atoms with van der Waals surface area (Å²) in [4.78, 5) is 28.1. The van der Waals surface area contributed by atoms with Gasteiger partial charge in [0.25, 0.3) is 5.56 Å². The van der Waals surface area contributed by atoms with Gasteiger partial charge in [-0.05, 0) is 29.7 Å². The number of aryl methyl sites for hydroxylation is 1. The standard InChI is InChI=1S/C19H18N2O5S/c1-27(25,26)17(19(23)24)9-10-21-12-20-16-11-14(7-8-15(16)18(21)22)13-5-3-2-4-6-13/h2-8,11-12,17H,9-10H2,1H3,(H,23,24). The molecule has 0 saturated heterocycles. The predicted molar refractivity (Wildman–Crippen MR) is 102 cm³/mol. The Morgan fingerprint density at radius 1 is 1.15 bits per heavy atom. The monoisotopic (exact) mass is 386 g/mol. The number of carboxylic acids is 1. The van der Waals surface area contributed by atoms with Crippen LogP contribution in [0.25, 0.3) is 22.0 Å². The Balaban J connectivity index is 1.92. The molecule has 0 fully saturated rings. The van der Waals surface area contributed by atoms with E-state index in [0.29, 0.717) is 10.9 Å². The molecule has 140 valence electrons. The Morgan fingerprint density at radius 2 is 1.85 bits per heavy atom. The molecule has 0 aliphatic carbocycles. The van der Waals surface area contributed by atoms with E-state index in [4.69, 9.17) is 5.11 Å². The van der Waals surface area contributed by atoms with Gasteiger partial charge in [0, 0.05) is 12.8 Å². The lowest BCUT2D eigenvalue weighted by Gasteiger charge is -2.12. The van der Waals surface area contributed by atoms with Gasteiger partial charge in [0.15, 0.2) is 15.1 Å². The van der Waals surface area contributed by atoms with Crippen LogP contribution in [0.15, 0.2) is 59.7 Å². The van der Waals surface area contributed by atoms with Crippen LogP contribution in [0.1, 0.15) is 6.42 Å². The maximum Gasteiger partial charge on any atom is 0.321 e. The van der Waals surface area contributed by atoms with Crippen molar-refractivity contribution in [2.45, 2.75) is 18.2 Å². The number of carbonyl (C=O) groups is 1. The first-order valence-corrected chi connectivity index (χ1v) is 10.2. The van der Waals surface area contributed by atoms with Gasteiger partial charge >= 0.3 is 5.97 Å². The number of benzene rings is 2. The van der Waals surface area contributed by atoms with Gasteiger partial charge in [0.2, 0.25) is 0 Å². The Kier molecular flexibility index (Phi) is 5.09. The SMILES string of the molecule is CS(=O)(=O)C(CCn1cnc2cc(-c3ccccc3)ccc2c1=O)C(=O)O. The van der Waals surface area contributed by atoms with Crippen LogP contribution in [0.3, 0.4) is 0 Å². The van der Waals surface area contributed by atoms with Crippen molar-refractivity contribution in [1.29, 1.82) is 0 Å². The molecule has 1 N–H and O–H groups in total. The molecule has 8 heteroatoms. The second-order valence-corrected chi connectivity index (χ2v) is 8.51. The largest absolute Gasteiger partial charge is 0.480 e. The first-order valence-electron chi connectivity index (χ1n) is 8.23. The van der Waals surface area contributed by atoms with E-state index in [0.717, 1.165) is 17.4 Å². The van der Waals surface area contributed by atoms with E-state index in [-0.39, 0.29) is 18.5 Å². The van der Waals surface area contributed by atoms with Crippen molar-refractivity contribution < 1.29 is 18.3 Å². The van der Waals surface area contributed by atoms with E-state index in [2.05, 4.69) is 4.98 Å². The normalized spacial score (nSPS) is 12.8. The number of fused-ring (bicyclic) bond motifs is 1. The van der Waals surface area contributed by atoms with Crippen molar-refractivity contribution in [2.24, 2.45) is 0 Å². The molecule has 1 unspecified atom stereocenters. The molecule has 3 rings (SSSR count). The quantitative estimate of drug-likeness (QED) is 0.694. The molecule has 1 atom stereocenters. The minimum absolute atomic E-state index is 0.0494. The molecule has 0 aliphatic rings. The Labute approximate surface area is 155 Å². The highest BCUT2D eigenvalue weighted by molar-refractivity contribution is 7.92. The van der Waals surface area contributed by atoms with Crippen LogP contribution in [-0.2, 0) is 21.2 Å². The van der Waals surface area contributed by atoms with Gasteiger partial charge in [0.1, 0.15) is 0 Å². The van der Waals surface area contributed by atoms with Gasteiger partial charge in [0.05, 0.1) is 17.2 Å². The van der Waals surface area contributed by atoms with Crippen molar-refractivity contribution in [3.05, 3.63) is 65.2 Å². The number of sulfone groups is 1. The molecule has 7 nitrogen and oxygen atoms in total. The highest BCUT2D eigenvalue weighted by Gasteiger charge is 2.28. The van der Waals surface area contributed by atoms with Crippen molar-refractivity contribution in [3.8, 4) is 11.1 Å². The maximum absolute atomic E-state index is 12.6. The van der Waals surface area contributed by atoms with Gasteiger partial charge in [-0.15, -0.1) is 0 Å². The van der Waals surface area contributed by atoms with Crippen LogP contribution in [0.5, 0.6) is 0 Å². The zero-order chi connectivity index (χ0) is 19.6. The molecule has 1 heterocycles.